The first-order valence-electron chi connectivity index (χ1n) is 5.16. The molecule has 1 aliphatic rings. The molecule has 1 saturated carbocycles. The molecule has 0 heterocycles. The molecule has 3 N–H and O–H groups in total. The second-order valence-electron chi connectivity index (χ2n) is 4.11. The summed E-state index contributed by atoms with van der Waals surface area (Å²) < 4.78 is 0. The first-order valence-corrected chi connectivity index (χ1v) is 5.16. The van der Waals surface area contributed by atoms with Crippen molar-refractivity contribution in [1.82, 2.24) is 5.32 Å². The molecule has 4 nitrogen and oxygen atoms in total. The van der Waals surface area contributed by atoms with Crippen LogP contribution in [0, 0.1) is 11.8 Å². The minimum Gasteiger partial charge on any atom is -0.481 e. The normalized spacial score (nSPS) is 31.4. The highest BCUT2D eigenvalue weighted by molar-refractivity contribution is 5.70. The van der Waals surface area contributed by atoms with Gasteiger partial charge in [-0.3, -0.25) is 4.79 Å². The number of aliphatic carboxylic acids is 1. The van der Waals surface area contributed by atoms with E-state index in [1.807, 2.05) is 6.92 Å². The van der Waals surface area contributed by atoms with Gasteiger partial charge >= 0.3 is 5.97 Å². The fourth-order valence-corrected chi connectivity index (χ4v) is 2.25. The number of carbonyl (C=O) groups is 1. The molecule has 0 aromatic rings. The van der Waals surface area contributed by atoms with Crippen LogP contribution in [0.4, 0.5) is 0 Å². The number of hydrogen-bond donors (Lipinski definition) is 3. The summed E-state index contributed by atoms with van der Waals surface area (Å²) in [6, 6.07) is -0.0417. The average Bonchev–Trinajstić information content (AvgIpc) is 2.63. The second kappa shape index (κ2) is 4.75. The minimum absolute atomic E-state index is 0.0417. The lowest BCUT2D eigenvalue weighted by atomic mass is 9.87. The maximum Gasteiger partial charge on any atom is 0.306 e. The summed E-state index contributed by atoms with van der Waals surface area (Å²) in [4.78, 5) is 10.9. The van der Waals surface area contributed by atoms with Crippen molar-refractivity contribution in [2.75, 3.05) is 7.05 Å². The summed E-state index contributed by atoms with van der Waals surface area (Å²) in [5, 5.41) is 21.8. The first kappa shape index (κ1) is 11.5. The van der Waals surface area contributed by atoms with E-state index in [1.54, 1.807) is 7.05 Å². The van der Waals surface area contributed by atoms with Crippen LogP contribution in [-0.2, 0) is 4.79 Å². The van der Waals surface area contributed by atoms with E-state index in [0.29, 0.717) is 6.42 Å². The quantitative estimate of drug-likeness (QED) is 0.618. The van der Waals surface area contributed by atoms with Crippen LogP contribution in [0.5, 0.6) is 0 Å². The van der Waals surface area contributed by atoms with E-state index >= 15 is 0 Å². The molecule has 0 aromatic heterocycles. The molecular weight excluding hydrogens is 182 g/mol. The summed E-state index contributed by atoms with van der Waals surface area (Å²) in [6.07, 6.45) is 1.89. The molecule has 1 fully saturated rings. The number of hydrogen-bond acceptors (Lipinski definition) is 3. The van der Waals surface area contributed by atoms with Crippen LogP contribution in [0.3, 0.4) is 0 Å². The fourth-order valence-electron chi connectivity index (χ4n) is 2.25. The highest BCUT2D eigenvalue weighted by atomic mass is 16.4. The van der Waals surface area contributed by atoms with Crippen molar-refractivity contribution in [2.24, 2.45) is 11.8 Å². The minimum atomic E-state index is -0.769. The Kier molecular flexibility index (Phi) is 3.89. The van der Waals surface area contributed by atoms with Crippen LogP contribution in [0.1, 0.15) is 26.2 Å². The number of aliphatic hydroxyl groups is 1. The van der Waals surface area contributed by atoms with Gasteiger partial charge in [-0.05, 0) is 32.7 Å². The van der Waals surface area contributed by atoms with E-state index in [-0.39, 0.29) is 17.9 Å². The molecule has 0 bridgehead atoms. The van der Waals surface area contributed by atoms with Gasteiger partial charge in [0.1, 0.15) is 0 Å². The van der Waals surface area contributed by atoms with Crippen molar-refractivity contribution in [3.63, 3.8) is 0 Å². The smallest absolute Gasteiger partial charge is 0.306 e. The molecule has 0 radical (unpaired) electrons. The van der Waals surface area contributed by atoms with E-state index in [9.17, 15) is 9.90 Å². The van der Waals surface area contributed by atoms with Crippen LogP contribution in [0.15, 0.2) is 0 Å². The van der Waals surface area contributed by atoms with Crippen molar-refractivity contribution in [3.05, 3.63) is 0 Å². The maximum absolute atomic E-state index is 10.9. The summed E-state index contributed by atoms with van der Waals surface area (Å²) in [6.45, 7) is 1.88. The summed E-state index contributed by atoms with van der Waals surface area (Å²) in [7, 11) is 1.78. The Labute approximate surface area is 84.3 Å². The Hall–Kier alpha value is -0.610. The fraction of sp³-hybridized carbons (Fsp3) is 0.900. The topological polar surface area (TPSA) is 69.6 Å². The van der Waals surface area contributed by atoms with Crippen LogP contribution in [0.2, 0.25) is 0 Å². The van der Waals surface area contributed by atoms with Gasteiger partial charge in [0.2, 0.25) is 0 Å². The molecule has 1 aliphatic carbocycles. The van der Waals surface area contributed by atoms with Gasteiger partial charge in [0.25, 0.3) is 0 Å². The highest BCUT2D eigenvalue weighted by Crippen LogP contribution is 2.35. The lowest BCUT2D eigenvalue weighted by Crippen LogP contribution is -2.42. The van der Waals surface area contributed by atoms with Gasteiger partial charge in [0, 0.05) is 6.04 Å². The molecule has 1 rings (SSSR count). The molecule has 14 heavy (non-hydrogen) atoms. The zero-order valence-corrected chi connectivity index (χ0v) is 8.73. The summed E-state index contributed by atoms with van der Waals surface area (Å²) in [5.74, 6) is -1.22. The summed E-state index contributed by atoms with van der Waals surface area (Å²) in [5.41, 5.74) is 0. The lowest BCUT2D eigenvalue weighted by molar-refractivity contribution is -0.144. The Morgan fingerprint density at radius 3 is 2.64 bits per heavy atom. The number of rotatable bonds is 4. The molecule has 4 heteroatoms. The number of nitrogens with one attached hydrogen (secondary N) is 1. The van der Waals surface area contributed by atoms with E-state index < -0.39 is 12.1 Å². The van der Waals surface area contributed by atoms with Gasteiger partial charge in [-0.2, -0.15) is 0 Å². The average molecular weight is 201 g/mol. The maximum atomic E-state index is 10.9. The van der Waals surface area contributed by atoms with Crippen LogP contribution < -0.4 is 5.32 Å². The van der Waals surface area contributed by atoms with Crippen molar-refractivity contribution in [3.8, 4) is 0 Å². The third-order valence-electron chi connectivity index (χ3n) is 3.29. The number of likely N-dealkylation sites (N-methyl/N-ethyl adjacent to an activating group) is 1. The second-order valence-corrected chi connectivity index (χ2v) is 4.11. The largest absolute Gasteiger partial charge is 0.481 e. The standard InChI is InChI=1S/C10H19NO3/c1-6(11-2)9(12)7-4-3-5-8(7)10(13)14/h6-9,11-12H,3-5H2,1-2H3,(H,13,14). The summed E-state index contributed by atoms with van der Waals surface area (Å²) >= 11 is 0. The zero-order valence-electron chi connectivity index (χ0n) is 8.73. The molecule has 82 valence electrons. The van der Waals surface area contributed by atoms with Gasteiger partial charge in [-0.15, -0.1) is 0 Å². The Bertz CT molecular complexity index is 208. The van der Waals surface area contributed by atoms with Crippen molar-refractivity contribution >= 4 is 5.97 Å². The predicted molar refractivity (Wildman–Crippen MR) is 53.0 cm³/mol. The van der Waals surface area contributed by atoms with Gasteiger partial charge in [-0.25, -0.2) is 0 Å². The molecule has 0 aromatic carbocycles. The molecule has 4 unspecified atom stereocenters. The lowest BCUT2D eigenvalue weighted by Gasteiger charge is -2.26. The van der Waals surface area contributed by atoms with E-state index in [1.165, 1.54) is 0 Å². The van der Waals surface area contributed by atoms with Gasteiger partial charge < -0.3 is 15.5 Å². The monoisotopic (exact) mass is 201 g/mol. The molecule has 0 amide bonds. The van der Waals surface area contributed by atoms with Crippen molar-refractivity contribution in [2.45, 2.75) is 38.3 Å². The third-order valence-corrected chi connectivity index (χ3v) is 3.29. The first-order chi connectivity index (χ1) is 6.57. The van der Waals surface area contributed by atoms with Crippen LogP contribution >= 0.6 is 0 Å². The zero-order chi connectivity index (χ0) is 10.7. The van der Waals surface area contributed by atoms with Gasteiger partial charge in [-0.1, -0.05) is 6.42 Å². The predicted octanol–water partition coefficient (Wildman–Crippen LogP) is 0.456. The van der Waals surface area contributed by atoms with Crippen LogP contribution in [-0.4, -0.2) is 35.4 Å². The third kappa shape index (κ3) is 2.25. The Balaban J connectivity index is 2.61. The van der Waals surface area contributed by atoms with Crippen molar-refractivity contribution < 1.29 is 15.0 Å². The number of carboxylic acids is 1. The van der Waals surface area contributed by atoms with E-state index in [4.69, 9.17) is 5.11 Å². The number of aliphatic hydroxyl groups excluding tert-OH is 1. The molecule has 0 aliphatic heterocycles. The van der Waals surface area contributed by atoms with Gasteiger partial charge in [0.05, 0.1) is 12.0 Å². The van der Waals surface area contributed by atoms with Crippen LogP contribution in [0.25, 0.3) is 0 Å². The number of carboxylic acid groups (broad SMARTS) is 1. The SMILES string of the molecule is CNC(C)C(O)C1CCCC1C(=O)O. The Morgan fingerprint density at radius 1 is 1.50 bits per heavy atom. The molecule has 0 spiro atoms. The Morgan fingerprint density at radius 2 is 2.14 bits per heavy atom. The van der Waals surface area contributed by atoms with E-state index in [2.05, 4.69) is 5.32 Å². The molecular formula is C10H19NO3. The van der Waals surface area contributed by atoms with Crippen molar-refractivity contribution in [1.29, 1.82) is 0 Å². The van der Waals surface area contributed by atoms with E-state index in [0.717, 1.165) is 12.8 Å². The molecule has 0 saturated heterocycles. The molecule has 4 atom stereocenters. The highest BCUT2D eigenvalue weighted by Gasteiger charge is 2.38. The van der Waals surface area contributed by atoms with Gasteiger partial charge in [0.15, 0.2) is 0 Å².